The van der Waals surface area contributed by atoms with Gasteiger partial charge in [0.15, 0.2) is 0 Å². The molecule has 2 heterocycles. The third-order valence-electron chi connectivity index (χ3n) is 2.17. The van der Waals surface area contributed by atoms with E-state index in [-0.39, 0.29) is 0 Å². The van der Waals surface area contributed by atoms with Gasteiger partial charge in [0.25, 0.3) is 0 Å². The van der Waals surface area contributed by atoms with Crippen LogP contribution in [-0.2, 0) is 13.5 Å². The molecule has 0 aliphatic carbocycles. The maximum Gasteiger partial charge on any atom is 0.137 e. The molecule has 0 saturated carbocycles. The van der Waals surface area contributed by atoms with E-state index in [4.69, 9.17) is 4.42 Å². The summed E-state index contributed by atoms with van der Waals surface area (Å²) in [5, 5.41) is 9.84. The summed E-state index contributed by atoms with van der Waals surface area (Å²) in [5.41, 5.74) is 0.973. The van der Waals surface area contributed by atoms with Gasteiger partial charge in [-0.05, 0) is 11.6 Å². The summed E-state index contributed by atoms with van der Waals surface area (Å²) < 4.78 is 6.73. The van der Waals surface area contributed by atoms with Crippen molar-refractivity contribution < 1.29 is 9.52 Å². The monoisotopic (exact) mass is 192 g/mol. The Morgan fingerprint density at radius 3 is 3.07 bits per heavy atom. The molecule has 0 bridgehead atoms. The Morgan fingerprint density at radius 2 is 2.50 bits per heavy atom. The van der Waals surface area contributed by atoms with E-state index in [1.807, 2.05) is 23.9 Å². The zero-order chi connectivity index (χ0) is 9.97. The highest BCUT2D eigenvalue weighted by atomic mass is 16.3. The van der Waals surface area contributed by atoms with Crippen molar-refractivity contribution in [3.8, 4) is 0 Å². The summed E-state index contributed by atoms with van der Waals surface area (Å²) in [6.07, 6.45) is 6.67. The topological polar surface area (TPSA) is 51.2 Å². The normalized spacial score (nSPS) is 13.0. The Balaban J connectivity index is 2.10. The molecule has 4 nitrogen and oxygen atoms in total. The number of aryl methyl sites for hydroxylation is 1. The molecule has 1 atom stereocenters. The van der Waals surface area contributed by atoms with Crippen molar-refractivity contribution in [1.82, 2.24) is 9.55 Å². The molecule has 74 valence electrons. The summed E-state index contributed by atoms with van der Waals surface area (Å²) in [4.78, 5) is 4.08. The molecular weight excluding hydrogens is 180 g/mol. The van der Waals surface area contributed by atoms with Gasteiger partial charge >= 0.3 is 0 Å². The number of aromatic nitrogens is 2. The SMILES string of the molecule is Cn1ccnc1C(O)Cc1ccoc1. The fraction of sp³-hybridized carbons (Fsp3) is 0.300. The van der Waals surface area contributed by atoms with Crippen molar-refractivity contribution in [3.05, 3.63) is 42.4 Å². The molecule has 2 aromatic heterocycles. The number of aliphatic hydroxyl groups is 1. The van der Waals surface area contributed by atoms with Crippen molar-refractivity contribution in [3.63, 3.8) is 0 Å². The molecule has 0 amide bonds. The first kappa shape index (κ1) is 9.02. The van der Waals surface area contributed by atoms with Crippen LogP contribution in [0.3, 0.4) is 0 Å². The van der Waals surface area contributed by atoms with Crippen LogP contribution in [-0.4, -0.2) is 14.7 Å². The summed E-state index contributed by atoms with van der Waals surface area (Å²) in [6, 6.07) is 1.84. The van der Waals surface area contributed by atoms with E-state index >= 15 is 0 Å². The Bertz CT molecular complexity index is 392. The van der Waals surface area contributed by atoms with Crippen LogP contribution >= 0.6 is 0 Å². The standard InChI is InChI=1S/C10H12N2O2/c1-12-4-3-11-10(12)9(13)6-8-2-5-14-7-8/h2-5,7,9,13H,6H2,1H3. The minimum Gasteiger partial charge on any atom is -0.472 e. The van der Waals surface area contributed by atoms with E-state index in [1.54, 1.807) is 18.7 Å². The third kappa shape index (κ3) is 1.70. The van der Waals surface area contributed by atoms with Crippen molar-refractivity contribution >= 4 is 0 Å². The fourth-order valence-corrected chi connectivity index (χ4v) is 1.42. The molecule has 2 rings (SSSR count). The molecule has 0 fully saturated rings. The Labute approximate surface area is 81.8 Å². The minimum atomic E-state index is -0.576. The van der Waals surface area contributed by atoms with Crippen LogP contribution in [0.2, 0.25) is 0 Å². The van der Waals surface area contributed by atoms with Gasteiger partial charge in [0.05, 0.1) is 12.5 Å². The number of hydrogen-bond donors (Lipinski definition) is 1. The minimum absolute atomic E-state index is 0.529. The second kappa shape index (κ2) is 3.67. The van der Waals surface area contributed by atoms with Crippen LogP contribution in [0.4, 0.5) is 0 Å². The van der Waals surface area contributed by atoms with E-state index in [1.165, 1.54) is 0 Å². The smallest absolute Gasteiger partial charge is 0.137 e. The molecule has 0 aromatic carbocycles. The van der Waals surface area contributed by atoms with Gasteiger partial charge in [-0.25, -0.2) is 4.98 Å². The largest absolute Gasteiger partial charge is 0.472 e. The lowest BCUT2D eigenvalue weighted by Crippen LogP contribution is -2.07. The second-order valence-electron chi connectivity index (χ2n) is 3.25. The predicted molar refractivity (Wildman–Crippen MR) is 50.6 cm³/mol. The number of aliphatic hydroxyl groups excluding tert-OH is 1. The second-order valence-corrected chi connectivity index (χ2v) is 3.25. The van der Waals surface area contributed by atoms with Crippen molar-refractivity contribution in [2.45, 2.75) is 12.5 Å². The first-order valence-corrected chi connectivity index (χ1v) is 4.43. The molecule has 0 radical (unpaired) electrons. The highest BCUT2D eigenvalue weighted by Crippen LogP contribution is 2.16. The Hall–Kier alpha value is -1.55. The summed E-state index contributed by atoms with van der Waals surface area (Å²) >= 11 is 0. The van der Waals surface area contributed by atoms with Gasteiger partial charge in [-0.2, -0.15) is 0 Å². The highest BCUT2D eigenvalue weighted by Gasteiger charge is 2.13. The van der Waals surface area contributed by atoms with Crippen LogP contribution in [0, 0.1) is 0 Å². The molecule has 0 saturated heterocycles. The summed E-state index contributed by atoms with van der Waals surface area (Å²) in [7, 11) is 1.86. The van der Waals surface area contributed by atoms with Gasteiger partial charge in [0.1, 0.15) is 11.9 Å². The Kier molecular flexibility index (Phi) is 2.37. The van der Waals surface area contributed by atoms with Gasteiger partial charge in [-0.3, -0.25) is 0 Å². The summed E-state index contributed by atoms with van der Waals surface area (Å²) in [6.45, 7) is 0. The number of furan rings is 1. The maximum atomic E-state index is 9.84. The molecule has 2 aromatic rings. The van der Waals surface area contributed by atoms with E-state index in [0.29, 0.717) is 12.2 Å². The van der Waals surface area contributed by atoms with Gasteiger partial charge in [0.2, 0.25) is 0 Å². The predicted octanol–water partition coefficient (Wildman–Crippen LogP) is 1.29. The fourth-order valence-electron chi connectivity index (χ4n) is 1.42. The van der Waals surface area contributed by atoms with Gasteiger partial charge in [-0.1, -0.05) is 0 Å². The lowest BCUT2D eigenvalue weighted by molar-refractivity contribution is 0.165. The van der Waals surface area contributed by atoms with Gasteiger partial charge in [0, 0.05) is 25.9 Å². The van der Waals surface area contributed by atoms with E-state index in [0.717, 1.165) is 5.56 Å². The zero-order valence-electron chi connectivity index (χ0n) is 7.92. The molecule has 0 aliphatic heterocycles. The quantitative estimate of drug-likeness (QED) is 0.797. The van der Waals surface area contributed by atoms with Crippen LogP contribution in [0.25, 0.3) is 0 Å². The number of hydrogen-bond acceptors (Lipinski definition) is 3. The first-order valence-electron chi connectivity index (χ1n) is 4.43. The van der Waals surface area contributed by atoms with Crippen LogP contribution in [0.5, 0.6) is 0 Å². The molecule has 1 unspecified atom stereocenters. The molecule has 1 N–H and O–H groups in total. The molecule has 0 aliphatic rings. The molecule has 14 heavy (non-hydrogen) atoms. The lowest BCUT2D eigenvalue weighted by Gasteiger charge is -2.08. The Morgan fingerprint density at radius 1 is 1.64 bits per heavy atom. The van der Waals surface area contributed by atoms with Gasteiger partial charge < -0.3 is 14.1 Å². The first-order chi connectivity index (χ1) is 6.77. The summed E-state index contributed by atoms with van der Waals surface area (Å²) in [5.74, 6) is 0.672. The number of rotatable bonds is 3. The van der Waals surface area contributed by atoms with Crippen LogP contribution in [0.15, 0.2) is 35.4 Å². The van der Waals surface area contributed by atoms with Gasteiger partial charge in [-0.15, -0.1) is 0 Å². The number of imidazole rings is 1. The van der Waals surface area contributed by atoms with Crippen molar-refractivity contribution in [1.29, 1.82) is 0 Å². The van der Waals surface area contributed by atoms with E-state index in [9.17, 15) is 5.11 Å². The zero-order valence-corrected chi connectivity index (χ0v) is 7.92. The van der Waals surface area contributed by atoms with Crippen LogP contribution < -0.4 is 0 Å². The maximum absolute atomic E-state index is 9.84. The van der Waals surface area contributed by atoms with Crippen molar-refractivity contribution in [2.75, 3.05) is 0 Å². The lowest BCUT2D eigenvalue weighted by atomic mass is 10.1. The molecule has 4 heteroatoms. The van der Waals surface area contributed by atoms with Crippen LogP contribution in [0.1, 0.15) is 17.5 Å². The van der Waals surface area contributed by atoms with Crippen molar-refractivity contribution in [2.24, 2.45) is 7.05 Å². The third-order valence-corrected chi connectivity index (χ3v) is 2.17. The molecular formula is C10H12N2O2. The average Bonchev–Trinajstić information content (AvgIpc) is 2.75. The number of nitrogens with zero attached hydrogens (tertiary/aromatic N) is 2. The van der Waals surface area contributed by atoms with E-state index in [2.05, 4.69) is 4.98 Å². The average molecular weight is 192 g/mol. The highest BCUT2D eigenvalue weighted by molar-refractivity contribution is 5.09. The molecule has 0 spiro atoms. The van der Waals surface area contributed by atoms with E-state index < -0.39 is 6.10 Å².